The van der Waals surface area contributed by atoms with Gasteiger partial charge < -0.3 is 14.7 Å². The number of methoxy groups -OCH3 is 1. The van der Waals surface area contributed by atoms with E-state index in [0.29, 0.717) is 23.7 Å². The van der Waals surface area contributed by atoms with Gasteiger partial charge in [0.1, 0.15) is 5.82 Å². The minimum Gasteiger partial charge on any atom is -0.389 e. The molecule has 1 fully saturated rings. The van der Waals surface area contributed by atoms with E-state index in [0.717, 1.165) is 13.0 Å². The number of benzene rings is 1. The maximum Gasteiger partial charge on any atom is 0.146 e. The second kappa shape index (κ2) is 5.88. The predicted octanol–water partition coefficient (Wildman–Crippen LogP) is 2.74. The van der Waals surface area contributed by atoms with E-state index >= 15 is 0 Å². The van der Waals surface area contributed by atoms with Crippen molar-refractivity contribution < 1.29 is 14.2 Å². The molecule has 1 heterocycles. The Bertz CT molecular complexity index is 436. The summed E-state index contributed by atoms with van der Waals surface area (Å²) >= 11 is 0. The summed E-state index contributed by atoms with van der Waals surface area (Å²) in [5.74, 6) is 0.226. The first-order valence-corrected chi connectivity index (χ1v) is 6.78. The highest BCUT2D eigenvalue weighted by Crippen LogP contribution is 2.28. The van der Waals surface area contributed by atoms with Gasteiger partial charge in [0.05, 0.1) is 17.9 Å². The maximum absolute atomic E-state index is 14.1. The number of anilines is 1. The van der Waals surface area contributed by atoms with Crippen molar-refractivity contribution in [1.29, 1.82) is 0 Å². The highest BCUT2D eigenvalue weighted by Gasteiger charge is 2.27. The Balaban J connectivity index is 2.18. The molecule has 0 bridgehead atoms. The van der Waals surface area contributed by atoms with E-state index in [9.17, 15) is 9.50 Å². The molecule has 0 amide bonds. The average molecular weight is 267 g/mol. The van der Waals surface area contributed by atoms with E-state index in [1.54, 1.807) is 26.2 Å². The minimum atomic E-state index is -0.642. The molecule has 1 N–H and O–H groups in total. The molecule has 0 saturated carbocycles. The van der Waals surface area contributed by atoms with Gasteiger partial charge in [-0.15, -0.1) is 0 Å². The number of rotatable bonds is 3. The largest absolute Gasteiger partial charge is 0.389 e. The van der Waals surface area contributed by atoms with Gasteiger partial charge >= 0.3 is 0 Å². The van der Waals surface area contributed by atoms with Gasteiger partial charge in [-0.05, 0) is 37.0 Å². The quantitative estimate of drug-likeness (QED) is 0.914. The molecule has 0 radical (unpaired) electrons. The SMILES string of the molecule is COC1CN(c2ccc(C(C)O)cc2F)CCC1C. The number of aliphatic hydroxyl groups is 1. The predicted molar refractivity (Wildman–Crippen MR) is 73.8 cm³/mol. The van der Waals surface area contributed by atoms with Gasteiger partial charge in [0, 0.05) is 20.2 Å². The zero-order valence-corrected chi connectivity index (χ0v) is 11.8. The summed E-state index contributed by atoms with van der Waals surface area (Å²) in [4.78, 5) is 2.02. The number of aliphatic hydroxyl groups excluding tert-OH is 1. The first kappa shape index (κ1) is 14.3. The third-order valence-corrected chi connectivity index (χ3v) is 3.99. The van der Waals surface area contributed by atoms with Crippen LogP contribution in [0.1, 0.15) is 31.9 Å². The van der Waals surface area contributed by atoms with Crippen LogP contribution in [0.3, 0.4) is 0 Å². The van der Waals surface area contributed by atoms with Crippen LogP contribution in [0.25, 0.3) is 0 Å². The van der Waals surface area contributed by atoms with Gasteiger partial charge in [-0.25, -0.2) is 4.39 Å². The number of piperidine rings is 1. The van der Waals surface area contributed by atoms with E-state index in [1.165, 1.54) is 6.07 Å². The highest BCUT2D eigenvalue weighted by molar-refractivity contribution is 5.50. The van der Waals surface area contributed by atoms with Crippen molar-refractivity contribution in [1.82, 2.24) is 0 Å². The zero-order valence-electron chi connectivity index (χ0n) is 11.8. The molecular formula is C15H22FNO2. The molecule has 106 valence electrons. The summed E-state index contributed by atoms with van der Waals surface area (Å²) in [5.41, 5.74) is 1.20. The number of hydrogen-bond donors (Lipinski definition) is 1. The number of nitrogens with zero attached hydrogens (tertiary/aromatic N) is 1. The van der Waals surface area contributed by atoms with Gasteiger partial charge in [0.2, 0.25) is 0 Å². The summed E-state index contributed by atoms with van der Waals surface area (Å²) in [7, 11) is 1.71. The summed E-state index contributed by atoms with van der Waals surface area (Å²) in [6.07, 6.45) is 0.497. The van der Waals surface area contributed by atoms with E-state index in [2.05, 4.69) is 6.92 Å². The van der Waals surface area contributed by atoms with Gasteiger partial charge in [0.25, 0.3) is 0 Å². The smallest absolute Gasteiger partial charge is 0.146 e. The lowest BCUT2D eigenvalue weighted by Gasteiger charge is -2.37. The highest BCUT2D eigenvalue weighted by atomic mass is 19.1. The molecule has 3 unspecified atom stereocenters. The standard InChI is InChI=1S/C15H22FNO2/c1-10-6-7-17(9-15(10)19-3)14-5-4-12(11(2)18)8-13(14)16/h4-5,8,10-11,15,18H,6-7,9H2,1-3H3. The molecular weight excluding hydrogens is 245 g/mol. The van der Waals surface area contributed by atoms with Crippen LogP contribution in [0.2, 0.25) is 0 Å². The molecule has 19 heavy (non-hydrogen) atoms. The molecule has 1 saturated heterocycles. The van der Waals surface area contributed by atoms with Crippen molar-refractivity contribution >= 4 is 5.69 Å². The fourth-order valence-corrected chi connectivity index (χ4v) is 2.60. The molecule has 3 atom stereocenters. The second-order valence-electron chi connectivity index (χ2n) is 5.37. The van der Waals surface area contributed by atoms with Gasteiger partial charge in [0.15, 0.2) is 0 Å². The van der Waals surface area contributed by atoms with Gasteiger partial charge in [-0.3, -0.25) is 0 Å². The first-order chi connectivity index (χ1) is 9.02. The normalized spacial score (nSPS) is 25.4. The van der Waals surface area contributed by atoms with Crippen molar-refractivity contribution in [3.63, 3.8) is 0 Å². The summed E-state index contributed by atoms with van der Waals surface area (Å²) in [6, 6.07) is 4.95. The van der Waals surface area contributed by atoms with Crippen LogP contribution in [-0.4, -0.2) is 31.4 Å². The molecule has 0 aliphatic carbocycles. The third-order valence-electron chi connectivity index (χ3n) is 3.99. The fraction of sp³-hybridized carbons (Fsp3) is 0.600. The van der Waals surface area contributed by atoms with E-state index in [-0.39, 0.29) is 11.9 Å². The van der Waals surface area contributed by atoms with Gasteiger partial charge in [-0.1, -0.05) is 13.0 Å². The van der Waals surface area contributed by atoms with Gasteiger partial charge in [-0.2, -0.15) is 0 Å². The van der Waals surface area contributed by atoms with Crippen LogP contribution in [0.15, 0.2) is 18.2 Å². The van der Waals surface area contributed by atoms with Crippen LogP contribution in [-0.2, 0) is 4.74 Å². The maximum atomic E-state index is 14.1. The third kappa shape index (κ3) is 3.07. The van der Waals surface area contributed by atoms with Crippen molar-refractivity contribution in [2.45, 2.75) is 32.5 Å². The summed E-state index contributed by atoms with van der Waals surface area (Å²) in [5, 5.41) is 9.46. The first-order valence-electron chi connectivity index (χ1n) is 6.78. The Morgan fingerprint density at radius 2 is 2.21 bits per heavy atom. The Morgan fingerprint density at radius 1 is 1.47 bits per heavy atom. The Kier molecular flexibility index (Phi) is 4.42. The van der Waals surface area contributed by atoms with E-state index in [4.69, 9.17) is 4.74 Å². The lowest BCUT2D eigenvalue weighted by molar-refractivity contribution is 0.0497. The Morgan fingerprint density at radius 3 is 2.79 bits per heavy atom. The number of halogens is 1. The summed E-state index contributed by atoms with van der Waals surface area (Å²) < 4.78 is 19.6. The monoisotopic (exact) mass is 267 g/mol. The minimum absolute atomic E-state index is 0.143. The molecule has 0 spiro atoms. The van der Waals surface area contributed by atoms with Crippen molar-refractivity contribution in [2.75, 3.05) is 25.1 Å². The lowest BCUT2D eigenvalue weighted by atomic mass is 9.95. The van der Waals surface area contributed by atoms with Crippen LogP contribution in [0, 0.1) is 11.7 Å². The number of hydrogen-bond acceptors (Lipinski definition) is 3. The van der Waals surface area contributed by atoms with E-state index < -0.39 is 6.10 Å². The molecule has 3 nitrogen and oxygen atoms in total. The molecule has 1 aliphatic rings. The molecule has 1 aromatic carbocycles. The molecule has 1 aromatic rings. The van der Waals surface area contributed by atoms with Crippen LogP contribution >= 0.6 is 0 Å². The molecule has 4 heteroatoms. The molecule has 1 aliphatic heterocycles. The Hall–Kier alpha value is -1.13. The van der Waals surface area contributed by atoms with Crippen LogP contribution in [0.4, 0.5) is 10.1 Å². The van der Waals surface area contributed by atoms with E-state index in [1.807, 2.05) is 4.90 Å². The van der Waals surface area contributed by atoms with Crippen molar-refractivity contribution in [3.8, 4) is 0 Å². The van der Waals surface area contributed by atoms with Crippen molar-refractivity contribution in [2.24, 2.45) is 5.92 Å². The van der Waals surface area contributed by atoms with Crippen molar-refractivity contribution in [3.05, 3.63) is 29.6 Å². The topological polar surface area (TPSA) is 32.7 Å². The van der Waals surface area contributed by atoms with Crippen LogP contribution < -0.4 is 4.90 Å². The molecule has 0 aromatic heterocycles. The number of ether oxygens (including phenoxy) is 1. The molecule has 2 rings (SSSR count). The van der Waals surface area contributed by atoms with Crippen LogP contribution in [0.5, 0.6) is 0 Å². The Labute approximate surface area is 114 Å². The summed E-state index contributed by atoms with van der Waals surface area (Å²) in [6.45, 7) is 5.35. The fourth-order valence-electron chi connectivity index (χ4n) is 2.60. The average Bonchev–Trinajstić information content (AvgIpc) is 2.39. The zero-order chi connectivity index (χ0) is 14.0. The lowest BCUT2D eigenvalue weighted by Crippen LogP contribution is -2.44. The second-order valence-corrected chi connectivity index (χ2v) is 5.37.